The summed E-state index contributed by atoms with van der Waals surface area (Å²) in [7, 11) is 0. The van der Waals surface area contributed by atoms with E-state index in [4.69, 9.17) is 0 Å². The predicted molar refractivity (Wildman–Crippen MR) is 190 cm³/mol. The molecule has 5 rings (SSSR count). The van der Waals surface area contributed by atoms with Gasteiger partial charge < -0.3 is 21.3 Å². The molecule has 244 valence electrons. The van der Waals surface area contributed by atoms with Crippen LogP contribution < -0.4 is 21.3 Å². The minimum absolute atomic E-state index is 0.120. The van der Waals surface area contributed by atoms with Gasteiger partial charge in [-0.15, -0.1) is 0 Å². The Morgan fingerprint density at radius 1 is 0.708 bits per heavy atom. The van der Waals surface area contributed by atoms with Crippen LogP contribution in [0.3, 0.4) is 0 Å². The normalized spacial score (nSPS) is 10.7. The second-order valence-electron chi connectivity index (χ2n) is 11.2. The van der Waals surface area contributed by atoms with Crippen LogP contribution in [-0.4, -0.2) is 39.7 Å². The van der Waals surface area contributed by atoms with Crippen molar-refractivity contribution in [1.82, 2.24) is 9.88 Å². The number of nitrogens with zero attached hydrogens (tertiary/aromatic N) is 3. The number of amides is 2. The fraction of sp³-hybridized carbons (Fsp3) is 0.162. The van der Waals surface area contributed by atoms with Crippen LogP contribution in [0.2, 0.25) is 0 Å². The number of carbonyl (C=O) groups excluding carboxylic acids is 2. The highest BCUT2D eigenvalue weighted by Crippen LogP contribution is 2.30. The van der Waals surface area contributed by atoms with Gasteiger partial charge in [0.05, 0.1) is 4.92 Å². The smallest absolute Gasteiger partial charge is 0.294 e. The van der Waals surface area contributed by atoms with Crippen molar-refractivity contribution in [2.75, 3.05) is 34.4 Å². The predicted octanol–water partition coefficient (Wildman–Crippen LogP) is 7.65. The number of nitrogens with one attached hydrogen (secondary N) is 4. The molecule has 11 nitrogen and oxygen atoms in total. The number of hydrogen-bond acceptors (Lipinski definition) is 8. The lowest BCUT2D eigenvalue weighted by Gasteiger charge is -2.22. The quantitative estimate of drug-likeness (QED) is 0.0674. The standard InChI is InChI=1S/C37H37N7O4/c1-27-23-31(14-16-33(27)39-29-10-4-2-5-11-29)41-36(45)18-21-43(26-28-9-8-20-38-25-28)22-19-37(46)42-32-15-17-34(35(24-32)44(47)48)40-30-12-6-3-7-13-30/h2-17,20,23-25,39-40H,18-19,21-22,26H2,1H3,(H,41,45)(H,42,46). The van der Waals surface area contributed by atoms with Gasteiger partial charge in [0.25, 0.3) is 5.69 Å². The summed E-state index contributed by atoms with van der Waals surface area (Å²) in [5.41, 5.74) is 5.78. The first-order valence-electron chi connectivity index (χ1n) is 15.6. The molecule has 5 aromatic rings. The Kier molecular flexibility index (Phi) is 11.4. The van der Waals surface area contributed by atoms with E-state index in [9.17, 15) is 19.7 Å². The number of anilines is 6. The SMILES string of the molecule is Cc1cc(NC(=O)CCN(CCC(=O)Nc2ccc(Nc3ccccc3)c([N+](=O)[O-])c2)Cc2cccnc2)ccc1Nc1ccccc1. The van der Waals surface area contributed by atoms with E-state index in [0.717, 1.165) is 22.5 Å². The number of hydrogen-bond donors (Lipinski definition) is 4. The molecule has 2 amide bonds. The summed E-state index contributed by atoms with van der Waals surface area (Å²) < 4.78 is 0. The highest BCUT2D eigenvalue weighted by Gasteiger charge is 2.17. The lowest BCUT2D eigenvalue weighted by molar-refractivity contribution is -0.383. The zero-order valence-corrected chi connectivity index (χ0v) is 26.6. The Balaban J connectivity index is 1.16. The number of aryl methyl sites for hydroxylation is 1. The summed E-state index contributed by atoms with van der Waals surface area (Å²) in [6.07, 6.45) is 3.78. The number of rotatable bonds is 15. The molecular weight excluding hydrogens is 606 g/mol. The van der Waals surface area contributed by atoms with Crippen LogP contribution in [0.1, 0.15) is 24.0 Å². The Morgan fingerprint density at radius 3 is 1.81 bits per heavy atom. The fourth-order valence-corrected chi connectivity index (χ4v) is 5.09. The number of pyridine rings is 1. The Morgan fingerprint density at radius 2 is 1.27 bits per heavy atom. The van der Waals surface area contributed by atoms with E-state index >= 15 is 0 Å². The van der Waals surface area contributed by atoms with E-state index in [1.165, 1.54) is 6.07 Å². The third-order valence-corrected chi connectivity index (χ3v) is 7.53. The highest BCUT2D eigenvalue weighted by atomic mass is 16.6. The minimum Gasteiger partial charge on any atom is -0.355 e. The minimum atomic E-state index is -0.487. The van der Waals surface area contributed by atoms with Gasteiger partial charge in [0.1, 0.15) is 5.69 Å². The molecular formula is C37H37N7O4. The van der Waals surface area contributed by atoms with Crippen LogP contribution in [0.25, 0.3) is 0 Å². The number of benzene rings is 4. The molecule has 0 radical (unpaired) electrons. The highest BCUT2D eigenvalue weighted by molar-refractivity contribution is 5.92. The average Bonchev–Trinajstić information content (AvgIpc) is 3.09. The average molecular weight is 644 g/mol. The molecule has 0 saturated heterocycles. The molecule has 0 aliphatic rings. The van der Waals surface area contributed by atoms with Gasteiger partial charge in [0.15, 0.2) is 0 Å². The molecule has 11 heteroatoms. The number of aromatic nitrogens is 1. The molecule has 0 saturated carbocycles. The van der Waals surface area contributed by atoms with E-state index in [-0.39, 0.29) is 30.3 Å². The molecule has 0 fully saturated rings. The van der Waals surface area contributed by atoms with Crippen molar-refractivity contribution in [3.63, 3.8) is 0 Å². The van der Waals surface area contributed by atoms with Gasteiger partial charge >= 0.3 is 0 Å². The molecule has 0 aliphatic heterocycles. The molecule has 0 unspecified atom stereocenters. The molecule has 48 heavy (non-hydrogen) atoms. The van der Waals surface area contributed by atoms with Crippen LogP contribution in [-0.2, 0) is 16.1 Å². The van der Waals surface area contributed by atoms with Crippen molar-refractivity contribution in [1.29, 1.82) is 0 Å². The van der Waals surface area contributed by atoms with Gasteiger partial charge in [-0.2, -0.15) is 0 Å². The Labute approximate surface area is 279 Å². The van der Waals surface area contributed by atoms with Crippen molar-refractivity contribution in [2.45, 2.75) is 26.3 Å². The van der Waals surface area contributed by atoms with Crippen LogP contribution in [0.15, 0.2) is 122 Å². The van der Waals surface area contributed by atoms with Gasteiger partial charge in [-0.1, -0.05) is 42.5 Å². The third-order valence-electron chi connectivity index (χ3n) is 7.53. The molecule has 1 aromatic heterocycles. The van der Waals surface area contributed by atoms with E-state index in [2.05, 4.69) is 26.3 Å². The van der Waals surface area contributed by atoms with Crippen LogP contribution in [0, 0.1) is 17.0 Å². The molecule has 1 heterocycles. The molecule has 0 spiro atoms. The lowest BCUT2D eigenvalue weighted by atomic mass is 10.1. The first-order valence-corrected chi connectivity index (χ1v) is 15.6. The van der Waals surface area contributed by atoms with Gasteiger partial charge in [0.2, 0.25) is 11.8 Å². The lowest BCUT2D eigenvalue weighted by Crippen LogP contribution is -2.31. The van der Waals surface area contributed by atoms with Gasteiger partial charge in [-0.05, 0) is 78.7 Å². The van der Waals surface area contributed by atoms with E-state index in [0.29, 0.717) is 42.4 Å². The second kappa shape index (κ2) is 16.5. The first kappa shape index (κ1) is 33.3. The maximum atomic E-state index is 13.0. The third kappa shape index (κ3) is 9.96. The van der Waals surface area contributed by atoms with Gasteiger partial charge in [-0.25, -0.2) is 0 Å². The van der Waals surface area contributed by atoms with Crippen molar-refractivity contribution in [3.8, 4) is 0 Å². The van der Waals surface area contributed by atoms with E-state index < -0.39 is 4.92 Å². The van der Waals surface area contributed by atoms with Gasteiger partial charge in [-0.3, -0.25) is 29.6 Å². The summed E-state index contributed by atoms with van der Waals surface area (Å²) in [6.45, 7) is 3.25. The molecule has 0 atom stereocenters. The second-order valence-corrected chi connectivity index (χ2v) is 11.2. The monoisotopic (exact) mass is 643 g/mol. The van der Waals surface area contributed by atoms with Crippen molar-refractivity contribution >= 4 is 51.6 Å². The van der Waals surface area contributed by atoms with Crippen LogP contribution >= 0.6 is 0 Å². The summed E-state index contributed by atoms with van der Waals surface area (Å²) in [6, 6.07) is 33.1. The van der Waals surface area contributed by atoms with Crippen LogP contribution in [0.4, 0.5) is 39.8 Å². The summed E-state index contributed by atoms with van der Waals surface area (Å²) in [5.74, 6) is -0.441. The van der Waals surface area contributed by atoms with Crippen molar-refractivity contribution in [2.24, 2.45) is 0 Å². The largest absolute Gasteiger partial charge is 0.355 e. The van der Waals surface area contributed by atoms with Gasteiger partial charge in [0, 0.05) is 79.4 Å². The van der Waals surface area contributed by atoms with Crippen LogP contribution in [0.5, 0.6) is 0 Å². The summed E-state index contributed by atoms with van der Waals surface area (Å²) in [5, 5.41) is 24.0. The van der Waals surface area contributed by atoms with E-state index in [1.54, 1.807) is 24.5 Å². The molecule has 0 aliphatic carbocycles. The first-order chi connectivity index (χ1) is 23.3. The maximum absolute atomic E-state index is 13.0. The topological polar surface area (TPSA) is 142 Å². The van der Waals surface area contributed by atoms with Crippen molar-refractivity contribution in [3.05, 3.63) is 143 Å². The number of nitro groups is 1. The summed E-state index contributed by atoms with van der Waals surface area (Å²) in [4.78, 5) is 43.4. The zero-order valence-electron chi connectivity index (χ0n) is 26.6. The summed E-state index contributed by atoms with van der Waals surface area (Å²) >= 11 is 0. The Hall–Kier alpha value is -6.07. The fourth-order valence-electron chi connectivity index (χ4n) is 5.09. The number of nitro benzene ring substituents is 1. The number of para-hydroxylation sites is 2. The molecule has 0 bridgehead atoms. The van der Waals surface area contributed by atoms with E-state index in [1.807, 2.05) is 103 Å². The molecule has 4 aromatic carbocycles. The Bertz CT molecular complexity index is 1840. The maximum Gasteiger partial charge on any atom is 0.294 e. The van der Waals surface area contributed by atoms with Crippen molar-refractivity contribution < 1.29 is 14.5 Å². The number of carbonyl (C=O) groups is 2. The molecule has 4 N–H and O–H groups in total. The zero-order chi connectivity index (χ0) is 33.7.